The van der Waals surface area contributed by atoms with E-state index in [2.05, 4.69) is 54.8 Å². The third-order valence-electron chi connectivity index (χ3n) is 8.61. The van der Waals surface area contributed by atoms with Gasteiger partial charge in [-0.1, -0.05) is 20.8 Å². The summed E-state index contributed by atoms with van der Waals surface area (Å²) >= 11 is 3.62. The Labute approximate surface area is 271 Å². The molecule has 236 valence electrons. The van der Waals surface area contributed by atoms with Crippen molar-refractivity contribution >= 4 is 58.3 Å². The Balaban J connectivity index is 1.34. The first kappa shape index (κ1) is 32.6. The summed E-state index contributed by atoms with van der Waals surface area (Å²) in [6.45, 7) is 12.0. The zero-order valence-corrected chi connectivity index (χ0v) is 28.6. The first-order valence-corrected chi connectivity index (χ1v) is 18.4. The number of fused-ring (bicyclic) bond motifs is 1. The third-order valence-corrected chi connectivity index (χ3v) is 13.8. The largest absolute Gasteiger partial charge is 0.490 e. The van der Waals surface area contributed by atoms with Crippen LogP contribution in [0.25, 0.3) is 10.9 Å². The van der Waals surface area contributed by atoms with E-state index in [-0.39, 0.29) is 5.04 Å². The van der Waals surface area contributed by atoms with E-state index in [0.717, 1.165) is 9.86 Å². The van der Waals surface area contributed by atoms with E-state index in [1.165, 1.54) is 29.2 Å². The Kier molecular flexibility index (Phi) is 9.08. The minimum atomic E-state index is -1.86. The first-order chi connectivity index (χ1) is 21.2. The zero-order valence-electron chi connectivity index (χ0n) is 26.0. The number of ether oxygens (including phenoxy) is 2. The molecule has 0 saturated heterocycles. The number of carbonyl (C=O) groups is 2. The van der Waals surface area contributed by atoms with E-state index < -0.39 is 31.4 Å². The minimum absolute atomic E-state index is 0.126. The lowest BCUT2D eigenvalue weighted by atomic mass is 10.0. The fourth-order valence-electron chi connectivity index (χ4n) is 4.66. The summed E-state index contributed by atoms with van der Waals surface area (Å²) in [6, 6.07) is 17.9. The summed E-state index contributed by atoms with van der Waals surface area (Å²) in [6.07, 6.45) is 2.42. The van der Waals surface area contributed by atoms with Crippen LogP contribution in [0, 0.1) is 11.2 Å². The number of anilines is 2. The number of halogens is 2. The van der Waals surface area contributed by atoms with E-state index >= 15 is 0 Å². The van der Waals surface area contributed by atoms with Gasteiger partial charge in [-0.05, 0) is 108 Å². The first-order valence-electron chi connectivity index (χ1n) is 14.7. The van der Waals surface area contributed by atoms with Crippen LogP contribution in [-0.4, -0.2) is 38.3 Å². The van der Waals surface area contributed by atoms with E-state index in [0.29, 0.717) is 60.2 Å². The van der Waals surface area contributed by atoms with Crippen LogP contribution in [0.5, 0.6) is 17.2 Å². The second-order valence-electron chi connectivity index (χ2n) is 12.7. The second kappa shape index (κ2) is 12.5. The van der Waals surface area contributed by atoms with Gasteiger partial charge in [0.15, 0.2) is 8.32 Å². The molecule has 0 bridgehead atoms. The van der Waals surface area contributed by atoms with Crippen molar-refractivity contribution in [3.63, 3.8) is 0 Å². The summed E-state index contributed by atoms with van der Waals surface area (Å²) in [5.74, 6) is 0.223. The van der Waals surface area contributed by atoms with Crippen LogP contribution in [0.4, 0.5) is 15.8 Å². The number of rotatable bonds is 11. The topological polar surface area (TPSA) is 104 Å². The molecule has 0 atom stereocenters. The Morgan fingerprint density at radius 1 is 0.978 bits per heavy atom. The van der Waals surface area contributed by atoms with Crippen LogP contribution in [0.15, 0.2) is 77.4 Å². The summed E-state index contributed by atoms with van der Waals surface area (Å²) in [5, 5.41) is 0.902. The lowest BCUT2D eigenvalue weighted by Gasteiger charge is -2.36. The predicted molar refractivity (Wildman–Crippen MR) is 179 cm³/mol. The number of nitrogens with two attached hydrogens (primary N) is 1. The van der Waals surface area contributed by atoms with Crippen LogP contribution < -0.4 is 20.1 Å². The van der Waals surface area contributed by atoms with Crippen molar-refractivity contribution in [2.24, 2.45) is 11.1 Å². The third kappa shape index (κ3) is 6.90. The fourth-order valence-corrected chi connectivity index (χ4v) is 6.14. The Morgan fingerprint density at radius 3 is 2.18 bits per heavy atom. The van der Waals surface area contributed by atoms with Gasteiger partial charge in [-0.2, -0.15) is 0 Å². The van der Waals surface area contributed by atoms with Gasteiger partial charge in [0.25, 0.3) is 0 Å². The van der Waals surface area contributed by atoms with Crippen molar-refractivity contribution in [1.29, 1.82) is 0 Å². The highest BCUT2D eigenvalue weighted by atomic mass is 79.9. The van der Waals surface area contributed by atoms with Crippen LogP contribution in [0.2, 0.25) is 18.1 Å². The molecule has 5 rings (SSSR count). The van der Waals surface area contributed by atoms with Crippen molar-refractivity contribution in [3.05, 3.63) is 83.2 Å². The minimum Gasteiger partial charge on any atom is -0.490 e. The normalized spacial score (nSPS) is 14.2. The molecule has 45 heavy (non-hydrogen) atoms. The monoisotopic (exact) mass is 693 g/mol. The number of nitrogens with zero attached hydrogens (tertiary/aromatic N) is 2. The van der Waals surface area contributed by atoms with Crippen molar-refractivity contribution in [1.82, 2.24) is 4.98 Å². The van der Waals surface area contributed by atoms with Crippen molar-refractivity contribution in [3.8, 4) is 17.2 Å². The van der Waals surface area contributed by atoms with Crippen molar-refractivity contribution in [2.45, 2.75) is 51.7 Å². The number of pyridine rings is 1. The summed E-state index contributed by atoms with van der Waals surface area (Å²) in [7, 11) is -1.86. The molecule has 4 aromatic rings. The molecule has 1 fully saturated rings. The van der Waals surface area contributed by atoms with Gasteiger partial charge in [0.2, 0.25) is 11.8 Å². The maximum atomic E-state index is 13.7. The Morgan fingerprint density at radius 2 is 1.60 bits per heavy atom. The molecule has 1 aliphatic rings. The van der Waals surface area contributed by atoms with Crippen LogP contribution in [-0.2, 0) is 14.0 Å². The van der Waals surface area contributed by atoms with E-state index in [4.69, 9.17) is 19.6 Å². The molecule has 0 aliphatic heterocycles. The molecule has 8 nitrogen and oxygen atoms in total. The lowest BCUT2D eigenvalue weighted by molar-refractivity contribution is -0.133. The standard InChI is InChI=1S/C34H37BrFN3O5Si/c1-33(2,3)45(4,5)43-19-18-42-30-21-28-26(20-27(30)35)29(14-17-38-28)44-25-12-10-24(11-13-25)39(23-8-6-22(36)7-9-23)32(41)34(15-16-34)31(37)40/h6-14,17,20-21H,15-16,18-19H2,1-5H3,(H2,37,40). The van der Waals surface area contributed by atoms with Crippen LogP contribution in [0.1, 0.15) is 33.6 Å². The molecule has 0 unspecified atom stereocenters. The second-order valence-corrected chi connectivity index (χ2v) is 18.4. The molecule has 11 heteroatoms. The number of carbonyl (C=O) groups excluding carboxylic acids is 2. The van der Waals surface area contributed by atoms with Crippen molar-refractivity contribution in [2.75, 3.05) is 18.1 Å². The molecule has 3 aromatic carbocycles. The van der Waals surface area contributed by atoms with E-state index in [9.17, 15) is 14.0 Å². The SMILES string of the molecule is CC(C)(C)[Si](C)(C)OCCOc1cc2nccc(Oc3ccc(N(C(=O)C4(C(N)=O)CC4)c4ccc(F)cc4)cc3)c2cc1Br. The van der Waals surface area contributed by atoms with E-state index in [1.54, 1.807) is 36.5 Å². The van der Waals surface area contributed by atoms with Gasteiger partial charge in [-0.3, -0.25) is 19.5 Å². The molecule has 0 radical (unpaired) electrons. The average molecular weight is 695 g/mol. The molecule has 1 heterocycles. The summed E-state index contributed by atoms with van der Waals surface area (Å²) in [5.41, 5.74) is 5.96. The van der Waals surface area contributed by atoms with Gasteiger partial charge in [0, 0.05) is 29.0 Å². The van der Waals surface area contributed by atoms with Gasteiger partial charge in [0.05, 0.1) is 16.6 Å². The quantitative estimate of drug-likeness (QED) is 0.0964. The number of benzene rings is 3. The molecule has 1 saturated carbocycles. The fraction of sp³-hybridized carbons (Fsp3) is 0.324. The van der Waals surface area contributed by atoms with Gasteiger partial charge in [-0.25, -0.2) is 4.39 Å². The zero-order chi connectivity index (χ0) is 32.6. The van der Waals surface area contributed by atoms with Gasteiger partial charge in [0.1, 0.15) is 35.1 Å². The highest BCUT2D eigenvalue weighted by molar-refractivity contribution is 9.10. The van der Waals surface area contributed by atoms with E-state index in [1.807, 2.05) is 12.1 Å². The number of primary amides is 1. The Bertz CT molecular complexity index is 1720. The molecule has 1 aromatic heterocycles. The molecule has 0 spiro atoms. The maximum Gasteiger partial charge on any atom is 0.247 e. The number of hydrogen-bond acceptors (Lipinski definition) is 6. The molecular weight excluding hydrogens is 657 g/mol. The average Bonchev–Trinajstić information content (AvgIpc) is 3.80. The number of amides is 2. The maximum absolute atomic E-state index is 13.7. The van der Waals surface area contributed by atoms with Gasteiger partial charge >= 0.3 is 0 Å². The van der Waals surface area contributed by atoms with Gasteiger partial charge < -0.3 is 19.6 Å². The summed E-state index contributed by atoms with van der Waals surface area (Å²) < 4.78 is 32.9. The van der Waals surface area contributed by atoms with Crippen LogP contribution in [0.3, 0.4) is 0 Å². The van der Waals surface area contributed by atoms with Crippen molar-refractivity contribution < 1.29 is 27.9 Å². The van der Waals surface area contributed by atoms with Crippen LogP contribution >= 0.6 is 15.9 Å². The smallest absolute Gasteiger partial charge is 0.247 e. The Hall–Kier alpha value is -3.80. The molecule has 2 amide bonds. The molecular formula is C34H37BrFN3O5Si. The highest BCUT2D eigenvalue weighted by Gasteiger charge is 2.57. The van der Waals surface area contributed by atoms with Gasteiger partial charge in [-0.15, -0.1) is 0 Å². The number of aromatic nitrogens is 1. The summed E-state index contributed by atoms with van der Waals surface area (Å²) in [4.78, 5) is 31.7. The molecule has 2 N–H and O–H groups in total. The highest BCUT2D eigenvalue weighted by Crippen LogP contribution is 2.49. The molecule has 1 aliphatic carbocycles. The lowest BCUT2D eigenvalue weighted by Crippen LogP contribution is -2.41. The predicted octanol–water partition coefficient (Wildman–Crippen LogP) is 8.26. The number of hydrogen-bond donors (Lipinski definition) is 1.